The molecule has 0 N–H and O–H groups in total. The third-order valence-electron chi connectivity index (χ3n) is 4.75. The first kappa shape index (κ1) is 14.6. The van der Waals surface area contributed by atoms with Gasteiger partial charge in [0.05, 0.1) is 12.5 Å². The van der Waals surface area contributed by atoms with Crippen LogP contribution in [0.25, 0.3) is 0 Å². The van der Waals surface area contributed by atoms with Crippen LogP contribution in [0.3, 0.4) is 0 Å². The minimum absolute atomic E-state index is 0.336. The molecule has 1 amide bonds. The number of hydrogen-bond acceptors (Lipinski definition) is 4. The van der Waals surface area contributed by atoms with E-state index in [1.54, 1.807) is 6.26 Å². The maximum Gasteiger partial charge on any atom is 0.222 e. The van der Waals surface area contributed by atoms with Gasteiger partial charge in [0.1, 0.15) is 0 Å². The second-order valence-corrected chi connectivity index (χ2v) is 6.45. The number of rotatable bonds is 5. The van der Waals surface area contributed by atoms with Gasteiger partial charge in [-0.25, -0.2) is 0 Å². The van der Waals surface area contributed by atoms with Crippen molar-refractivity contribution in [2.45, 2.75) is 37.9 Å². The highest BCUT2D eigenvalue weighted by Crippen LogP contribution is 2.32. The summed E-state index contributed by atoms with van der Waals surface area (Å²) >= 11 is 0. The molecule has 3 rings (SSSR count). The molecule has 0 radical (unpaired) electrons. The van der Waals surface area contributed by atoms with Crippen LogP contribution in [0.5, 0.6) is 0 Å². The van der Waals surface area contributed by atoms with E-state index in [0.717, 1.165) is 39.0 Å². The van der Waals surface area contributed by atoms with Crippen LogP contribution in [-0.2, 0) is 11.3 Å². The summed E-state index contributed by atoms with van der Waals surface area (Å²) in [5.41, 5.74) is 1.23. The van der Waals surface area contributed by atoms with Crippen molar-refractivity contribution in [2.75, 3.05) is 33.7 Å². The van der Waals surface area contributed by atoms with Crippen LogP contribution < -0.4 is 0 Å². The van der Waals surface area contributed by atoms with Crippen molar-refractivity contribution in [3.63, 3.8) is 0 Å². The molecule has 2 fully saturated rings. The lowest BCUT2D eigenvalue weighted by Crippen LogP contribution is -2.53. The minimum atomic E-state index is 0.336. The van der Waals surface area contributed by atoms with Gasteiger partial charge in [-0.1, -0.05) is 0 Å². The third kappa shape index (κ3) is 3.14. The first-order valence-corrected chi connectivity index (χ1v) is 7.84. The van der Waals surface area contributed by atoms with Crippen molar-refractivity contribution in [3.8, 4) is 0 Å². The lowest BCUT2D eigenvalue weighted by Gasteiger charge is -2.40. The Morgan fingerprint density at radius 2 is 2.19 bits per heavy atom. The maximum absolute atomic E-state index is 12.2. The summed E-state index contributed by atoms with van der Waals surface area (Å²) in [6.45, 7) is 3.81. The van der Waals surface area contributed by atoms with Crippen molar-refractivity contribution in [1.82, 2.24) is 14.7 Å². The molecule has 116 valence electrons. The van der Waals surface area contributed by atoms with E-state index in [4.69, 9.17) is 4.42 Å². The molecule has 1 aromatic heterocycles. The number of hydrogen-bond donors (Lipinski definition) is 0. The van der Waals surface area contributed by atoms with E-state index in [1.807, 2.05) is 12.3 Å². The van der Waals surface area contributed by atoms with Gasteiger partial charge in [-0.2, -0.15) is 0 Å². The van der Waals surface area contributed by atoms with Crippen molar-refractivity contribution >= 4 is 5.91 Å². The van der Waals surface area contributed by atoms with Gasteiger partial charge >= 0.3 is 0 Å². The Morgan fingerprint density at radius 3 is 2.90 bits per heavy atom. The van der Waals surface area contributed by atoms with E-state index in [9.17, 15) is 4.79 Å². The number of likely N-dealkylation sites (tertiary alicyclic amines) is 2. The molecule has 0 saturated carbocycles. The van der Waals surface area contributed by atoms with Crippen LogP contribution in [0.15, 0.2) is 23.0 Å². The molecule has 2 aliphatic heterocycles. The third-order valence-corrected chi connectivity index (χ3v) is 4.75. The number of likely N-dealkylation sites (N-methyl/N-ethyl adjacent to an activating group) is 1. The number of piperidine rings is 1. The standard InChI is InChI=1S/C16H25N3O2/c1-17(2)8-9-19-15-5-7-18(11-13-6-10-21-12-13)14(15)3-4-16(19)20/h6,10,12,14-15H,3-5,7-9,11H2,1-2H3/t14-,15+/m1/s1. The zero-order valence-electron chi connectivity index (χ0n) is 13.0. The summed E-state index contributed by atoms with van der Waals surface area (Å²) in [6, 6.07) is 2.95. The van der Waals surface area contributed by atoms with Crippen molar-refractivity contribution < 1.29 is 9.21 Å². The van der Waals surface area contributed by atoms with Gasteiger partial charge in [-0.3, -0.25) is 9.69 Å². The Labute approximate surface area is 126 Å². The molecule has 2 atom stereocenters. The van der Waals surface area contributed by atoms with Gasteiger partial charge in [0, 0.05) is 50.2 Å². The molecular weight excluding hydrogens is 266 g/mol. The summed E-state index contributed by atoms with van der Waals surface area (Å²) < 4.78 is 5.17. The van der Waals surface area contributed by atoms with Gasteiger partial charge in [-0.05, 0) is 33.0 Å². The molecule has 1 aromatic rings. The quantitative estimate of drug-likeness (QED) is 0.822. The molecular formula is C16H25N3O2. The van der Waals surface area contributed by atoms with Crippen molar-refractivity contribution in [1.29, 1.82) is 0 Å². The summed E-state index contributed by atoms with van der Waals surface area (Å²) in [4.78, 5) is 19.0. The lowest BCUT2D eigenvalue weighted by molar-refractivity contribution is -0.137. The zero-order chi connectivity index (χ0) is 14.8. The Kier molecular flexibility index (Phi) is 4.31. The minimum Gasteiger partial charge on any atom is -0.472 e. The molecule has 5 nitrogen and oxygen atoms in total. The van der Waals surface area contributed by atoms with Crippen LogP contribution in [0.1, 0.15) is 24.8 Å². The number of carbonyl (C=O) groups excluding carboxylic acids is 1. The second kappa shape index (κ2) is 6.20. The lowest BCUT2D eigenvalue weighted by atomic mass is 9.96. The zero-order valence-corrected chi connectivity index (χ0v) is 13.0. The van der Waals surface area contributed by atoms with Crippen LogP contribution in [0.4, 0.5) is 0 Å². The molecule has 2 aliphatic rings. The molecule has 0 spiro atoms. The molecule has 5 heteroatoms. The first-order chi connectivity index (χ1) is 10.1. The van der Waals surface area contributed by atoms with Crippen LogP contribution in [0.2, 0.25) is 0 Å². The van der Waals surface area contributed by atoms with Crippen LogP contribution in [-0.4, -0.2) is 66.4 Å². The van der Waals surface area contributed by atoms with Crippen LogP contribution >= 0.6 is 0 Å². The molecule has 0 unspecified atom stereocenters. The SMILES string of the molecule is CN(C)CCN1C(=O)CC[C@@H]2[C@@H]1CCN2Cc1ccoc1. The van der Waals surface area contributed by atoms with E-state index < -0.39 is 0 Å². The van der Waals surface area contributed by atoms with E-state index in [-0.39, 0.29) is 0 Å². The Bertz CT molecular complexity index is 472. The topological polar surface area (TPSA) is 39.9 Å². The summed E-state index contributed by atoms with van der Waals surface area (Å²) in [5, 5.41) is 0. The van der Waals surface area contributed by atoms with Gasteiger partial charge in [0.15, 0.2) is 0 Å². The first-order valence-electron chi connectivity index (χ1n) is 7.84. The Hall–Kier alpha value is -1.33. The molecule has 2 saturated heterocycles. The fourth-order valence-corrected chi connectivity index (χ4v) is 3.65. The average Bonchev–Trinajstić information content (AvgIpc) is 3.08. The van der Waals surface area contributed by atoms with Crippen molar-refractivity contribution in [3.05, 3.63) is 24.2 Å². The highest BCUT2D eigenvalue weighted by molar-refractivity contribution is 5.77. The van der Waals surface area contributed by atoms with Gasteiger partial charge in [-0.15, -0.1) is 0 Å². The molecule has 0 aliphatic carbocycles. The number of fused-ring (bicyclic) bond motifs is 1. The number of nitrogens with zero attached hydrogens (tertiary/aromatic N) is 3. The van der Waals surface area contributed by atoms with E-state index >= 15 is 0 Å². The predicted octanol–water partition coefficient (Wildman–Crippen LogP) is 1.41. The molecule has 3 heterocycles. The predicted molar refractivity (Wildman–Crippen MR) is 80.8 cm³/mol. The highest BCUT2D eigenvalue weighted by atomic mass is 16.3. The van der Waals surface area contributed by atoms with Gasteiger partial charge < -0.3 is 14.2 Å². The average molecular weight is 291 g/mol. The highest BCUT2D eigenvalue weighted by Gasteiger charge is 2.42. The fourth-order valence-electron chi connectivity index (χ4n) is 3.65. The van der Waals surface area contributed by atoms with E-state index in [1.165, 1.54) is 5.56 Å². The molecule has 0 aromatic carbocycles. The Balaban J connectivity index is 1.65. The number of furan rings is 1. The number of carbonyl (C=O) groups is 1. The van der Waals surface area contributed by atoms with E-state index in [2.05, 4.69) is 28.8 Å². The molecule has 0 bridgehead atoms. The summed E-state index contributed by atoms with van der Waals surface area (Å²) in [5.74, 6) is 0.336. The van der Waals surface area contributed by atoms with Gasteiger partial charge in [0.25, 0.3) is 0 Å². The normalized spacial score (nSPS) is 26.6. The Morgan fingerprint density at radius 1 is 1.33 bits per heavy atom. The largest absolute Gasteiger partial charge is 0.472 e. The fraction of sp³-hybridized carbons (Fsp3) is 0.688. The van der Waals surface area contributed by atoms with Gasteiger partial charge in [0.2, 0.25) is 5.91 Å². The van der Waals surface area contributed by atoms with Crippen molar-refractivity contribution in [2.24, 2.45) is 0 Å². The van der Waals surface area contributed by atoms with Crippen LogP contribution in [0, 0.1) is 0 Å². The number of amides is 1. The van der Waals surface area contributed by atoms with E-state index in [0.29, 0.717) is 24.4 Å². The second-order valence-electron chi connectivity index (χ2n) is 6.45. The summed E-state index contributed by atoms with van der Waals surface area (Å²) in [7, 11) is 4.12. The monoisotopic (exact) mass is 291 g/mol. The smallest absolute Gasteiger partial charge is 0.222 e. The maximum atomic E-state index is 12.2. The summed E-state index contributed by atoms with van der Waals surface area (Å²) in [6.07, 6.45) is 6.35. The molecule has 21 heavy (non-hydrogen) atoms.